The van der Waals surface area contributed by atoms with Gasteiger partial charge in [-0.2, -0.15) is 0 Å². The Morgan fingerprint density at radius 1 is 1.47 bits per heavy atom. The lowest BCUT2D eigenvalue weighted by Crippen LogP contribution is -2.23. The summed E-state index contributed by atoms with van der Waals surface area (Å²) in [5.74, 6) is 0. The molecule has 0 atom stereocenters. The second-order valence-corrected chi connectivity index (χ2v) is 4.21. The first-order valence-corrected chi connectivity index (χ1v) is 5.33. The Morgan fingerprint density at radius 2 is 2.13 bits per heavy atom. The van der Waals surface area contributed by atoms with E-state index in [4.69, 9.17) is 5.73 Å². The van der Waals surface area contributed by atoms with Crippen LogP contribution in [-0.4, -0.2) is 20.1 Å². The SMILES string of the molecule is Cc1c(SNC(N)=O)cccc1N(C)C. The molecule has 0 aliphatic heterocycles. The number of hydrogen-bond donors (Lipinski definition) is 2. The summed E-state index contributed by atoms with van der Waals surface area (Å²) in [5.41, 5.74) is 7.26. The minimum absolute atomic E-state index is 0.533. The molecule has 1 aromatic carbocycles. The molecule has 0 bridgehead atoms. The molecule has 5 heteroatoms. The number of nitrogens with one attached hydrogen (secondary N) is 1. The molecule has 0 spiro atoms. The maximum atomic E-state index is 10.6. The Balaban J connectivity index is 2.89. The smallest absolute Gasteiger partial charge is 0.322 e. The van der Waals surface area contributed by atoms with E-state index >= 15 is 0 Å². The third-order valence-electron chi connectivity index (χ3n) is 2.00. The number of anilines is 1. The topological polar surface area (TPSA) is 58.4 Å². The summed E-state index contributed by atoms with van der Waals surface area (Å²) in [6, 6.07) is 5.40. The lowest BCUT2D eigenvalue weighted by atomic mass is 10.2. The van der Waals surface area contributed by atoms with Gasteiger partial charge in [0.05, 0.1) is 0 Å². The van der Waals surface area contributed by atoms with E-state index in [2.05, 4.69) is 4.72 Å². The van der Waals surface area contributed by atoms with Gasteiger partial charge in [-0.3, -0.25) is 4.72 Å². The molecule has 82 valence electrons. The monoisotopic (exact) mass is 225 g/mol. The number of carbonyl (C=O) groups excluding carboxylic acids is 1. The molecule has 0 aliphatic carbocycles. The van der Waals surface area contributed by atoms with Crippen LogP contribution in [0, 0.1) is 6.92 Å². The molecule has 2 amide bonds. The molecule has 15 heavy (non-hydrogen) atoms. The lowest BCUT2D eigenvalue weighted by Gasteiger charge is -2.17. The molecular weight excluding hydrogens is 210 g/mol. The third kappa shape index (κ3) is 3.06. The van der Waals surface area contributed by atoms with Crippen LogP contribution in [-0.2, 0) is 0 Å². The van der Waals surface area contributed by atoms with Gasteiger partial charge in [0, 0.05) is 24.7 Å². The molecule has 3 N–H and O–H groups in total. The van der Waals surface area contributed by atoms with Gasteiger partial charge < -0.3 is 10.6 Å². The zero-order chi connectivity index (χ0) is 11.4. The average Bonchev–Trinajstić information content (AvgIpc) is 2.15. The predicted molar refractivity (Wildman–Crippen MR) is 64.1 cm³/mol. The zero-order valence-electron chi connectivity index (χ0n) is 9.07. The van der Waals surface area contributed by atoms with Gasteiger partial charge in [0.15, 0.2) is 0 Å². The predicted octanol–water partition coefficient (Wildman–Crippen LogP) is 1.74. The minimum atomic E-state index is -0.533. The first-order valence-electron chi connectivity index (χ1n) is 4.51. The molecule has 0 aromatic heterocycles. The van der Waals surface area contributed by atoms with Crippen molar-refractivity contribution < 1.29 is 4.79 Å². The fraction of sp³-hybridized carbons (Fsp3) is 0.300. The molecule has 0 radical (unpaired) electrons. The summed E-state index contributed by atoms with van der Waals surface area (Å²) in [6.45, 7) is 2.01. The molecule has 0 aliphatic rings. The molecular formula is C10H15N3OS. The van der Waals surface area contributed by atoms with Crippen molar-refractivity contribution in [1.29, 1.82) is 0 Å². The Hall–Kier alpha value is -1.36. The van der Waals surface area contributed by atoms with Crippen molar-refractivity contribution in [3.8, 4) is 0 Å². The first kappa shape index (κ1) is 11.7. The fourth-order valence-corrected chi connectivity index (χ4v) is 1.92. The van der Waals surface area contributed by atoms with Gasteiger partial charge in [-0.05, 0) is 36.6 Å². The molecule has 0 unspecified atom stereocenters. The van der Waals surface area contributed by atoms with Crippen LogP contribution in [0.15, 0.2) is 23.1 Å². The number of amides is 2. The Bertz CT molecular complexity index is 366. The van der Waals surface area contributed by atoms with E-state index in [1.54, 1.807) is 0 Å². The highest BCUT2D eigenvalue weighted by molar-refractivity contribution is 7.98. The van der Waals surface area contributed by atoms with Gasteiger partial charge in [0.2, 0.25) is 0 Å². The second-order valence-electron chi connectivity index (χ2n) is 3.36. The van der Waals surface area contributed by atoms with E-state index in [0.717, 1.165) is 16.1 Å². The number of rotatable bonds is 3. The summed E-state index contributed by atoms with van der Waals surface area (Å²) in [4.78, 5) is 13.6. The normalized spacial score (nSPS) is 9.80. The van der Waals surface area contributed by atoms with Crippen molar-refractivity contribution in [3.63, 3.8) is 0 Å². The van der Waals surface area contributed by atoms with Gasteiger partial charge >= 0.3 is 6.03 Å². The van der Waals surface area contributed by atoms with Gasteiger partial charge in [-0.1, -0.05) is 6.07 Å². The number of hydrogen-bond acceptors (Lipinski definition) is 3. The van der Waals surface area contributed by atoms with E-state index in [1.807, 2.05) is 44.1 Å². The first-order chi connectivity index (χ1) is 7.02. The van der Waals surface area contributed by atoms with Crippen LogP contribution in [0.4, 0.5) is 10.5 Å². The van der Waals surface area contributed by atoms with Gasteiger partial charge in [-0.25, -0.2) is 4.79 Å². The number of urea groups is 1. The van der Waals surface area contributed by atoms with Crippen molar-refractivity contribution in [2.75, 3.05) is 19.0 Å². The molecule has 0 heterocycles. The fourth-order valence-electron chi connectivity index (χ4n) is 1.30. The maximum Gasteiger partial charge on any atom is 0.322 e. The Morgan fingerprint density at radius 3 is 2.67 bits per heavy atom. The van der Waals surface area contributed by atoms with Crippen molar-refractivity contribution >= 4 is 23.7 Å². The highest BCUT2D eigenvalue weighted by atomic mass is 32.2. The van der Waals surface area contributed by atoms with E-state index in [0.29, 0.717) is 0 Å². The number of benzene rings is 1. The summed E-state index contributed by atoms with van der Waals surface area (Å²) in [7, 11) is 3.97. The number of carbonyl (C=O) groups is 1. The van der Waals surface area contributed by atoms with Crippen molar-refractivity contribution in [1.82, 2.24) is 4.72 Å². The van der Waals surface area contributed by atoms with Crippen molar-refractivity contribution in [3.05, 3.63) is 23.8 Å². The second kappa shape index (κ2) is 4.93. The van der Waals surface area contributed by atoms with Crippen LogP contribution in [0.1, 0.15) is 5.56 Å². The molecule has 0 saturated heterocycles. The number of nitrogens with zero attached hydrogens (tertiary/aromatic N) is 1. The van der Waals surface area contributed by atoms with Crippen LogP contribution >= 0.6 is 11.9 Å². The molecule has 0 fully saturated rings. The van der Waals surface area contributed by atoms with Gasteiger partial charge in [0.1, 0.15) is 0 Å². The van der Waals surface area contributed by atoms with Crippen LogP contribution < -0.4 is 15.4 Å². The summed E-state index contributed by atoms with van der Waals surface area (Å²) in [5, 5.41) is 0. The largest absolute Gasteiger partial charge is 0.377 e. The van der Waals surface area contributed by atoms with E-state index in [9.17, 15) is 4.79 Å². The minimum Gasteiger partial charge on any atom is -0.377 e. The molecule has 1 rings (SSSR count). The standard InChI is InChI=1S/C10H15N3OS/c1-7-8(13(2)3)5-4-6-9(7)15-12-10(11)14/h4-6H,1-3H3,(H3,11,12,14). The van der Waals surface area contributed by atoms with Crippen molar-refractivity contribution in [2.45, 2.75) is 11.8 Å². The molecule has 0 saturated carbocycles. The van der Waals surface area contributed by atoms with Crippen molar-refractivity contribution in [2.24, 2.45) is 5.73 Å². The van der Waals surface area contributed by atoms with Gasteiger partial charge in [0.25, 0.3) is 0 Å². The third-order valence-corrected chi connectivity index (χ3v) is 2.96. The summed E-state index contributed by atoms with van der Waals surface area (Å²) in [6.07, 6.45) is 0. The van der Waals surface area contributed by atoms with E-state index in [1.165, 1.54) is 11.9 Å². The van der Waals surface area contributed by atoms with Crippen LogP contribution in [0.3, 0.4) is 0 Å². The lowest BCUT2D eigenvalue weighted by molar-refractivity contribution is 0.254. The van der Waals surface area contributed by atoms with Crippen LogP contribution in [0.25, 0.3) is 0 Å². The van der Waals surface area contributed by atoms with E-state index < -0.39 is 6.03 Å². The Kier molecular flexibility index (Phi) is 3.85. The molecule has 1 aromatic rings. The average molecular weight is 225 g/mol. The zero-order valence-corrected chi connectivity index (χ0v) is 9.89. The highest BCUT2D eigenvalue weighted by Gasteiger charge is 2.06. The van der Waals surface area contributed by atoms with E-state index in [-0.39, 0.29) is 0 Å². The van der Waals surface area contributed by atoms with Crippen LogP contribution in [0.2, 0.25) is 0 Å². The maximum absolute atomic E-state index is 10.6. The number of primary amides is 1. The quantitative estimate of drug-likeness (QED) is 0.770. The summed E-state index contributed by atoms with van der Waals surface area (Å²) >= 11 is 1.24. The number of nitrogens with two attached hydrogens (primary N) is 1. The highest BCUT2D eigenvalue weighted by Crippen LogP contribution is 2.27. The molecule has 4 nitrogen and oxygen atoms in total. The Labute approximate surface area is 94.0 Å². The van der Waals surface area contributed by atoms with Crippen LogP contribution in [0.5, 0.6) is 0 Å². The summed E-state index contributed by atoms with van der Waals surface area (Å²) < 4.78 is 2.51. The van der Waals surface area contributed by atoms with Gasteiger partial charge in [-0.15, -0.1) is 0 Å².